The quantitative estimate of drug-likeness (QED) is 0.260. The van der Waals surface area contributed by atoms with Crippen LogP contribution in [0.4, 0.5) is 0 Å². The summed E-state index contributed by atoms with van der Waals surface area (Å²) in [5.74, 6) is 6.53. The van der Waals surface area contributed by atoms with Gasteiger partial charge in [-0.15, -0.1) is 0 Å². The molecule has 1 aliphatic heterocycles. The number of guanidine groups is 1. The average Bonchev–Trinajstić information content (AvgIpc) is 2.60. The Hall–Kier alpha value is -0.770. The van der Waals surface area contributed by atoms with Crippen molar-refractivity contribution in [3.05, 3.63) is 0 Å². The van der Waals surface area contributed by atoms with Crippen LogP contribution in [0.25, 0.3) is 0 Å². The van der Waals surface area contributed by atoms with E-state index >= 15 is 0 Å². The number of nitrogens with zero attached hydrogens (tertiary/aromatic N) is 2. The number of rotatable bonds is 4. The van der Waals surface area contributed by atoms with Gasteiger partial charge in [-0.05, 0) is 25.7 Å². The summed E-state index contributed by atoms with van der Waals surface area (Å²) in [5, 5.41) is 0. The fourth-order valence-electron chi connectivity index (χ4n) is 2.44. The second kappa shape index (κ2) is 8.34. The SMILES string of the molecule is CCCCN=C(NN)N1CCCCCC1CC. The van der Waals surface area contributed by atoms with E-state index in [2.05, 4.69) is 29.2 Å². The van der Waals surface area contributed by atoms with Crippen molar-refractivity contribution < 1.29 is 0 Å². The van der Waals surface area contributed by atoms with Gasteiger partial charge in [0.25, 0.3) is 0 Å². The Labute approximate surface area is 106 Å². The van der Waals surface area contributed by atoms with E-state index in [1.165, 1.54) is 38.5 Å². The van der Waals surface area contributed by atoms with Crippen LogP contribution >= 0.6 is 0 Å². The monoisotopic (exact) mass is 240 g/mol. The van der Waals surface area contributed by atoms with Crippen molar-refractivity contribution in [1.82, 2.24) is 10.3 Å². The number of likely N-dealkylation sites (tertiary alicyclic amines) is 1. The van der Waals surface area contributed by atoms with Crippen LogP contribution in [0.3, 0.4) is 0 Å². The van der Waals surface area contributed by atoms with E-state index < -0.39 is 0 Å². The van der Waals surface area contributed by atoms with E-state index in [-0.39, 0.29) is 0 Å². The summed E-state index contributed by atoms with van der Waals surface area (Å²) in [6.07, 6.45) is 8.68. The van der Waals surface area contributed by atoms with Crippen molar-refractivity contribution >= 4 is 5.96 Å². The van der Waals surface area contributed by atoms with Crippen molar-refractivity contribution in [2.75, 3.05) is 13.1 Å². The van der Waals surface area contributed by atoms with Crippen LogP contribution in [0.1, 0.15) is 58.8 Å². The fourth-order valence-corrected chi connectivity index (χ4v) is 2.44. The van der Waals surface area contributed by atoms with E-state index in [4.69, 9.17) is 5.84 Å². The van der Waals surface area contributed by atoms with Gasteiger partial charge in [0, 0.05) is 19.1 Å². The lowest BCUT2D eigenvalue weighted by Crippen LogP contribution is -2.49. The standard InChI is InChI=1S/C13H28N4/c1-3-5-10-15-13(16-14)17-11-8-6-7-9-12(17)4-2/h12H,3-11,14H2,1-2H3,(H,15,16). The minimum absolute atomic E-state index is 0.605. The van der Waals surface area contributed by atoms with Crippen molar-refractivity contribution in [2.24, 2.45) is 10.8 Å². The molecule has 1 fully saturated rings. The molecule has 0 aliphatic carbocycles. The largest absolute Gasteiger partial charge is 0.339 e. The van der Waals surface area contributed by atoms with Gasteiger partial charge in [-0.1, -0.05) is 33.1 Å². The molecule has 0 radical (unpaired) electrons. The van der Waals surface area contributed by atoms with Crippen LogP contribution in [0.15, 0.2) is 4.99 Å². The van der Waals surface area contributed by atoms with Crippen LogP contribution in [0.2, 0.25) is 0 Å². The van der Waals surface area contributed by atoms with Crippen LogP contribution in [-0.4, -0.2) is 30.0 Å². The minimum atomic E-state index is 0.605. The summed E-state index contributed by atoms with van der Waals surface area (Å²) >= 11 is 0. The maximum Gasteiger partial charge on any atom is 0.208 e. The summed E-state index contributed by atoms with van der Waals surface area (Å²) in [4.78, 5) is 6.98. The van der Waals surface area contributed by atoms with Gasteiger partial charge in [0.15, 0.2) is 0 Å². The van der Waals surface area contributed by atoms with E-state index in [0.29, 0.717) is 6.04 Å². The van der Waals surface area contributed by atoms with Crippen molar-refractivity contribution in [3.63, 3.8) is 0 Å². The van der Waals surface area contributed by atoms with Gasteiger partial charge < -0.3 is 4.90 Å². The van der Waals surface area contributed by atoms with E-state index in [1.807, 2.05) is 0 Å². The maximum absolute atomic E-state index is 5.63. The molecule has 0 aromatic carbocycles. The molecule has 0 aromatic heterocycles. The third kappa shape index (κ3) is 4.54. The predicted octanol–water partition coefficient (Wildman–Crippen LogP) is 2.26. The third-order valence-electron chi connectivity index (χ3n) is 3.52. The molecule has 0 spiro atoms. The van der Waals surface area contributed by atoms with Crippen molar-refractivity contribution in [1.29, 1.82) is 0 Å². The Morgan fingerprint density at radius 2 is 2.18 bits per heavy atom. The number of hydrogen-bond donors (Lipinski definition) is 2. The van der Waals surface area contributed by atoms with Gasteiger partial charge in [0.05, 0.1) is 0 Å². The topological polar surface area (TPSA) is 53.6 Å². The van der Waals surface area contributed by atoms with Gasteiger partial charge in [-0.3, -0.25) is 10.4 Å². The Kier molecular flexibility index (Phi) is 7.01. The lowest BCUT2D eigenvalue weighted by molar-refractivity contribution is 0.296. The summed E-state index contributed by atoms with van der Waals surface area (Å²) in [5.41, 5.74) is 2.80. The molecule has 4 heteroatoms. The molecule has 1 saturated heterocycles. The highest BCUT2D eigenvalue weighted by Crippen LogP contribution is 2.19. The number of nitrogens with one attached hydrogen (secondary N) is 1. The molecular weight excluding hydrogens is 212 g/mol. The highest BCUT2D eigenvalue weighted by Gasteiger charge is 2.21. The van der Waals surface area contributed by atoms with Crippen LogP contribution in [0, 0.1) is 0 Å². The Morgan fingerprint density at radius 1 is 1.35 bits per heavy atom. The number of hydrogen-bond acceptors (Lipinski definition) is 2. The minimum Gasteiger partial charge on any atom is -0.339 e. The first-order valence-corrected chi connectivity index (χ1v) is 7.11. The van der Waals surface area contributed by atoms with Gasteiger partial charge in [-0.25, -0.2) is 5.84 Å². The zero-order valence-corrected chi connectivity index (χ0v) is 11.4. The lowest BCUT2D eigenvalue weighted by atomic mass is 10.1. The van der Waals surface area contributed by atoms with Gasteiger partial charge in [-0.2, -0.15) is 0 Å². The molecule has 17 heavy (non-hydrogen) atoms. The van der Waals surface area contributed by atoms with Crippen molar-refractivity contribution in [2.45, 2.75) is 64.8 Å². The molecule has 1 heterocycles. The van der Waals surface area contributed by atoms with E-state index in [0.717, 1.165) is 25.5 Å². The average molecular weight is 240 g/mol. The second-order valence-electron chi connectivity index (χ2n) is 4.81. The first kappa shape index (κ1) is 14.3. The molecule has 0 saturated carbocycles. The van der Waals surface area contributed by atoms with Crippen molar-refractivity contribution in [3.8, 4) is 0 Å². The molecule has 1 unspecified atom stereocenters. The number of aliphatic imine (C=N–C) groups is 1. The third-order valence-corrected chi connectivity index (χ3v) is 3.52. The zero-order chi connectivity index (χ0) is 12.5. The smallest absolute Gasteiger partial charge is 0.208 e. The van der Waals surface area contributed by atoms with Gasteiger partial charge >= 0.3 is 0 Å². The second-order valence-corrected chi connectivity index (χ2v) is 4.81. The predicted molar refractivity (Wildman–Crippen MR) is 73.8 cm³/mol. The first-order chi connectivity index (χ1) is 8.33. The Bertz CT molecular complexity index is 227. The summed E-state index contributed by atoms with van der Waals surface area (Å²) in [6, 6.07) is 0.605. The van der Waals surface area contributed by atoms with Crippen LogP contribution < -0.4 is 11.3 Å². The van der Waals surface area contributed by atoms with Gasteiger partial charge in [0.1, 0.15) is 0 Å². The van der Waals surface area contributed by atoms with Crippen LogP contribution in [0.5, 0.6) is 0 Å². The molecular formula is C13H28N4. The summed E-state index contributed by atoms with van der Waals surface area (Å²) in [6.45, 7) is 6.41. The van der Waals surface area contributed by atoms with Crippen LogP contribution in [-0.2, 0) is 0 Å². The zero-order valence-electron chi connectivity index (χ0n) is 11.4. The van der Waals surface area contributed by atoms with Gasteiger partial charge in [0.2, 0.25) is 5.96 Å². The fraction of sp³-hybridized carbons (Fsp3) is 0.923. The number of unbranched alkanes of at least 4 members (excludes halogenated alkanes) is 1. The highest BCUT2D eigenvalue weighted by atomic mass is 15.4. The summed E-state index contributed by atoms with van der Waals surface area (Å²) in [7, 11) is 0. The lowest BCUT2D eigenvalue weighted by Gasteiger charge is -2.31. The molecule has 100 valence electrons. The Balaban J connectivity index is 2.65. The summed E-state index contributed by atoms with van der Waals surface area (Å²) < 4.78 is 0. The molecule has 1 rings (SSSR count). The van der Waals surface area contributed by atoms with E-state index in [1.54, 1.807) is 0 Å². The molecule has 0 bridgehead atoms. The number of hydrazine groups is 1. The molecule has 1 atom stereocenters. The Morgan fingerprint density at radius 3 is 2.82 bits per heavy atom. The van der Waals surface area contributed by atoms with E-state index in [9.17, 15) is 0 Å². The molecule has 0 amide bonds. The molecule has 0 aromatic rings. The maximum atomic E-state index is 5.63. The highest BCUT2D eigenvalue weighted by molar-refractivity contribution is 5.79. The first-order valence-electron chi connectivity index (χ1n) is 7.11. The molecule has 1 aliphatic rings. The normalized spacial score (nSPS) is 22.4. The molecule has 3 N–H and O–H groups in total. The molecule has 4 nitrogen and oxygen atoms in total. The number of nitrogens with two attached hydrogens (primary N) is 1.